The predicted octanol–water partition coefficient (Wildman–Crippen LogP) is 4.55. The van der Waals surface area contributed by atoms with Gasteiger partial charge in [0.2, 0.25) is 0 Å². The lowest BCUT2D eigenvalue weighted by Gasteiger charge is -2.20. The summed E-state index contributed by atoms with van der Waals surface area (Å²) in [5.74, 6) is 2.36. The van der Waals surface area contributed by atoms with E-state index in [9.17, 15) is 4.79 Å². The van der Waals surface area contributed by atoms with Gasteiger partial charge >= 0.3 is 0 Å². The molecule has 0 unspecified atom stereocenters. The molecule has 158 valence electrons. The topological polar surface area (TPSA) is 77.9 Å². The van der Waals surface area contributed by atoms with Crippen LogP contribution in [0.2, 0.25) is 0 Å². The second-order valence-electron chi connectivity index (χ2n) is 6.81. The van der Waals surface area contributed by atoms with E-state index in [0.29, 0.717) is 35.3 Å². The highest BCUT2D eigenvalue weighted by Crippen LogP contribution is 2.30. The number of aromatic nitrogens is 1. The largest absolute Gasteiger partial charge is 0.496 e. The molecule has 7 heteroatoms. The molecule has 4 aromatic rings. The van der Waals surface area contributed by atoms with Gasteiger partial charge in [0, 0.05) is 6.07 Å². The Morgan fingerprint density at radius 2 is 1.81 bits per heavy atom. The molecule has 0 aliphatic carbocycles. The van der Waals surface area contributed by atoms with Gasteiger partial charge in [0.25, 0.3) is 5.91 Å². The standard InChI is InChI=1S/C24H22N2O5/c1-28-22-12-6-5-11-21(22)23-14-18(25-31-23)15-26(16-20-10-7-13-29-20)24(27)17-30-19-8-3-2-4-9-19/h2-14H,15-17H2,1H3. The predicted molar refractivity (Wildman–Crippen MR) is 113 cm³/mol. The van der Waals surface area contributed by atoms with Crippen LogP contribution in [0.15, 0.2) is 88.0 Å². The number of furan rings is 1. The molecule has 0 fully saturated rings. The number of nitrogens with zero attached hydrogens (tertiary/aromatic N) is 2. The lowest BCUT2D eigenvalue weighted by Crippen LogP contribution is -2.34. The summed E-state index contributed by atoms with van der Waals surface area (Å²) in [6, 6.07) is 22.2. The van der Waals surface area contributed by atoms with Gasteiger partial charge in [0.05, 0.1) is 32.0 Å². The van der Waals surface area contributed by atoms with Crippen molar-refractivity contribution in [3.63, 3.8) is 0 Å². The monoisotopic (exact) mass is 418 g/mol. The zero-order chi connectivity index (χ0) is 21.5. The van der Waals surface area contributed by atoms with E-state index in [2.05, 4.69) is 5.16 Å². The van der Waals surface area contributed by atoms with E-state index in [1.807, 2.05) is 48.5 Å². The molecule has 0 atom stereocenters. The molecule has 4 rings (SSSR count). The molecular weight excluding hydrogens is 396 g/mol. The first-order chi connectivity index (χ1) is 15.2. The molecule has 31 heavy (non-hydrogen) atoms. The first kappa shape index (κ1) is 20.3. The highest BCUT2D eigenvalue weighted by Gasteiger charge is 2.20. The van der Waals surface area contributed by atoms with E-state index in [1.54, 1.807) is 42.5 Å². The van der Waals surface area contributed by atoms with E-state index < -0.39 is 0 Å². The van der Waals surface area contributed by atoms with Crippen molar-refractivity contribution in [1.82, 2.24) is 10.1 Å². The average Bonchev–Trinajstić information content (AvgIpc) is 3.50. The summed E-state index contributed by atoms with van der Waals surface area (Å²) in [6.45, 7) is 0.444. The molecule has 0 spiro atoms. The Morgan fingerprint density at radius 1 is 1.00 bits per heavy atom. The quantitative estimate of drug-likeness (QED) is 0.397. The van der Waals surface area contributed by atoms with Crippen molar-refractivity contribution in [3.05, 3.63) is 90.5 Å². The lowest BCUT2D eigenvalue weighted by molar-refractivity contribution is -0.135. The fourth-order valence-electron chi connectivity index (χ4n) is 3.13. The number of amides is 1. The van der Waals surface area contributed by atoms with Crippen LogP contribution in [0, 0.1) is 0 Å². The highest BCUT2D eigenvalue weighted by molar-refractivity contribution is 5.77. The van der Waals surface area contributed by atoms with E-state index in [-0.39, 0.29) is 19.1 Å². The van der Waals surface area contributed by atoms with Crippen molar-refractivity contribution in [2.75, 3.05) is 13.7 Å². The summed E-state index contributed by atoms with van der Waals surface area (Å²) in [4.78, 5) is 14.5. The van der Waals surface area contributed by atoms with Gasteiger partial charge in [-0.1, -0.05) is 35.5 Å². The fraction of sp³-hybridized carbons (Fsp3) is 0.167. The number of hydrogen-bond acceptors (Lipinski definition) is 6. The summed E-state index contributed by atoms with van der Waals surface area (Å²) in [7, 11) is 1.60. The number of benzene rings is 2. The Labute approximate surface area is 179 Å². The summed E-state index contributed by atoms with van der Waals surface area (Å²) in [5.41, 5.74) is 1.40. The fourth-order valence-corrected chi connectivity index (χ4v) is 3.13. The molecule has 2 heterocycles. The molecule has 0 aliphatic rings. The Balaban J connectivity index is 1.49. The summed E-state index contributed by atoms with van der Waals surface area (Å²) in [5, 5.41) is 4.14. The zero-order valence-electron chi connectivity index (χ0n) is 17.1. The summed E-state index contributed by atoms with van der Waals surface area (Å²) >= 11 is 0. The van der Waals surface area contributed by atoms with Crippen molar-refractivity contribution >= 4 is 5.91 Å². The van der Waals surface area contributed by atoms with Crippen molar-refractivity contribution in [1.29, 1.82) is 0 Å². The van der Waals surface area contributed by atoms with Crippen LogP contribution in [-0.4, -0.2) is 29.7 Å². The van der Waals surface area contributed by atoms with Crippen LogP contribution in [0.3, 0.4) is 0 Å². The van der Waals surface area contributed by atoms with E-state index in [0.717, 1.165) is 5.56 Å². The van der Waals surface area contributed by atoms with Crippen LogP contribution >= 0.6 is 0 Å². The van der Waals surface area contributed by atoms with E-state index in [4.69, 9.17) is 18.4 Å². The third-order valence-electron chi connectivity index (χ3n) is 4.67. The lowest BCUT2D eigenvalue weighted by atomic mass is 10.1. The highest BCUT2D eigenvalue weighted by atomic mass is 16.5. The molecule has 0 bridgehead atoms. The SMILES string of the molecule is COc1ccccc1-c1cc(CN(Cc2ccco2)C(=O)COc2ccccc2)no1. The third-order valence-corrected chi connectivity index (χ3v) is 4.67. The Morgan fingerprint density at radius 3 is 2.58 bits per heavy atom. The molecular formula is C24H22N2O5. The van der Waals surface area contributed by atoms with Crippen LogP contribution in [0.5, 0.6) is 11.5 Å². The second-order valence-corrected chi connectivity index (χ2v) is 6.81. The van der Waals surface area contributed by atoms with Gasteiger partial charge in [0.1, 0.15) is 23.0 Å². The van der Waals surface area contributed by atoms with Gasteiger partial charge in [-0.05, 0) is 36.4 Å². The second kappa shape index (κ2) is 9.67. The van der Waals surface area contributed by atoms with Gasteiger partial charge in [-0.2, -0.15) is 0 Å². The van der Waals surface area contributed by atoms with Gasteiger partial charge < -0.3 is 23.3 Å². The van der Waals surface area contributed by atoms with Gasteiger partial charge in [-0.25, -0.2) is 0 Å². The van der Waals surface area contributed by atoms with Gasteiger partial charge in [0.15, 0.2) is 12.4 Å². The molecule has 0 saturated heterocycles. The molecule has 1 amide bonds. The Hall–Kier alpha value is -4.00. The number of carbonyl (C=O) groups is 1. The Kier molecular flexibility index (Phi) is 6.32. The zero-order valence-corrected chi connectivity index (χ0v) is 17.1. The smallest absolute Gasteiger partial charge is 0.261 e. The van der Waals surface area contributed by atoms with Gasteiger partial charge in [-0.3, -0.25) is 4.79 Å². The number of rotatable bonds is 9. The maximum atomic E-state index is 12.9. The summed E-state index contributed by atoms with van der Waals surface area (Å²) in [6.07, 6.45) is 1.58. The molecule has 0 aliphatic heterocycles. The third kappa shape index (κ3) is 5.14. The van der Waals surface area contributed by atoms with Gasteiger partial charge in [-0.15, -0.1) is 0 Å². The minimum Gasteiger partial charge on any atom is -0.496 e. The first-order valence-electron chi connectivity index (χ1n) is 9.80. The number of ether oxygens (including phenoxy) is 2. The number of hydrogen-bond donors (Lipinski definition) is 0. The molecule has 0 saturated carbocycles. The van der Waals surface area contributed by atoms with Crippen molar-refractivity contribution in [2.45, 2.75) is 13.1 Å². The minimum absolute atomic E-state index is 0.0953. The van der Waals surface area contributed by atoms with E-state index >= 15 is 0 Å². The van der Waals surface area contributed by atoms with Crippen LogP contribution in [0.1, 0.15) is 11.5 Å². The maximum Gasteiger partial charge on any atom is 0.261 e. The van der Waals surface area contributed by atoms with Crippen LogP contribution in [-0.2, 0) is 17.9 Å². The van der Waals surface area contributed by atoms with Crippen molar-refractivity contribution in [2.24, 2.45) is 0 Å². The molecule has 0 radical (unpaired) electrons. The van der Waals surface area contributed by atoms with Crippen molar-refractivity contribution in [3.8, 4) is 22.8 Å². The molecule has 2 aromatic heterocycles. The first-order valence-corrected chi connectivity index (χ1v) is 9.80. The normalized spacial score (nSPS) is 10.6. The van der Waals surface area contributed by atoms with Crippen LogP contribution < -0.4 is 9.47 Å². The average molecular weight is 418 g/mol. The molecule has 2 aromatic carbocycles. The Bertz CT molecular complexity index is 1110. The number of carbonyl (C=O) groups excluding carboxylic acids is 1. The number of para-hydroxylation sites is 2. The molecule has 0 N–H and O–H groups in total. The molecule has 7 nitrogen and oxygen atoms in total. The maximum absolute atomic E-state index is 12.9. The summed E-state index contributed by atoms with van der Waals surface area (Å²) < 4.78 is 22.0. The van der Waals surface area contributed by atoms with Crippen LogP contribution in [0.25, 0.3) is 11.3 Å². The number of methoxy groups -OCH3 is 1. The van der Waals surface area contributed by atoms with Crippen molar-refractivity contribution < 1.29 is 23.2 Å². The van der Waals surface area contributed by atoms with Crippen LogP contribution in [0.4, 0.5) is 0 Å². The van der Waals surface area contributed by atoms with E-state index in [1.165, 1.54) is 0 Å². The minimum atomic E-state index is -0.193.